The number of rotatable bonds is 4. The van der Waals surface area contributed by atoms with E-state index < -0.39 is 12.4 Å². The number of halogens is 3. The minimum absolute atomic E-state index is 0.114. The summed E-state index contributed by atoms with van der Waals surface area (Å²) in [7, 11) is 0. The highest BCUT2D eigenvalue weighted by Gasteiger charge is 2.31. The highest BCUT2D eigenvalue weighted by atomic mass is 19.4. The standard InChI is InChI=1S/C17H14F3NO4/c1-10(11-2-5-13(6-3-11)25-17(18,19)20)21-16(22)12-4-7-14-15(8-12)24-9-23-14/h2-8,10H,9H2,1H3,(H,21,22)/t10-/m1/s1. The summed E-state index contributed by atoms with van der Waals surface area (Å²) in [5.41, 5.74) is 1.04. The number of carbonyl (C=O) groups excluding carboxylic acids is 1. The second kappa shape index (κ2) is 6.54. The van der Waals surface area contributed by atoms with E-state index >= 15 is 0 Å². The lowest BCUT2D eigenvalue weighted by Crippen LogP contribution is -2.26. The average molecular weight is 353 g/mol. The van der Waals surface area contributed by atoms with Crippen molar-refractivity contribution in [1.29, 1.82) is 0 Å². The molecule has 1 aliphatic rings. The molecule has 1 amide bonds. The molecule has 0 radical (unpaired) electrons. The molecule has 1 N–H and O–H groups in total. The Balaban J connectivity index is 1.65. The van der Waals surface area contributed by atoms with Crippen LogP contribution in [-0.2, 0) is 0 Å². The van der Waals surface area contributed by atoms with Crippen LogP contribution in [0.4, 0.5) is 13.2 Å². The lowest BCUT2D eigenvalue weighted by molar-refractivity contribution is -0.274. The number of ether oxygens (including phenoxy) is 3. The zero-order valence-corrected chi connectivity index (χ0v) is 13.1. The minimum atomic E-state index is -4.74. The predicted octanol–water partition coefficient (Wildman–Crippen LogP) is 3.80. The summed E-state index contributed by atoms with van der Waals surface area (Å²) < 4.78 is 50.7. The fraction of sp³-hybridized carbons (Fsp3) is 0.235. The first-order valence-corrected chi connectivity index (χ1v) is 7.38. The Bertz CT molecular complexity index is 774. The topological polar surface area (TPSA) is 56.8 Å². The van der Waals surface area contributed by atoms with Gasteiger partial charge < -0.3 is 19.5 Å². The van der Waals surface area contributed by atoms with Crippen molar-refractivity contribution in [2.24, 2.45) is 0 Å². The van der Waals surface area contributed by atoms with E-state index in [2.05, 4.69) is 10.1 Å². The lowest BCUT2D eigenvalue weighted by Gasteiger charge is -2.15. The summed E-state index contributed by atoms with van der Waals surface area (Å²) in [6.07, 6.45) is -4.74. The van der Waals surface area contributed by atoms with Gasteiger partial charge in [0.1, 0.15) is 5.75 Å². The van der Waals surface area contributed by atoms with Crippen molar-refractivity contribution in [3.05, 3.63) is 53.6 Å². The molecule has 0 aromatic heterocycles. The summed E-state index contributed by atoms with van der Waals surface area (Å²) in [5.74, 6) is 0.422. The van der Waals surface area contributed by atoms with Crippen LogP contribution in [0, 0.1) is 0 Å². The maximum absolute atomic E-state index is 12.3. The van der Waals surface area contributed by atoms with E-state index in [1.165, 1.54) is 24.3 Å². The van der Waals surface area contributed by atoms with E-state index in [9.17, 15) is 18.0 Å². The van der Waals surface area contributed by atoms with Gasteiger partial charge in [-0.05, 0) is 42.8 Å². The highest BCUT2D eigenvalue weighted by Crippen LogP contribution is 2.32. The van der Waals surface area contributed by atoms with Gasteiger partial charge in [0, 0.05) is 5.56 Å². The van der Waals surface area contributed by atoms with Crippen LogP contribution in [-0.4, -0.2) is 19.1 Å². The van der Waals surface area contributed by atoms with Crippen LogP contribution in [0.3, 0.4) is 0 Å². The first kappa shape index (κ1) is 16.9. The first-order valence-electron chi connectivity index (χ1n) is 7.38. The number of benzene rings is 2. The lowest BCUT2D eigenvalue weighted by atomic mass is 10.1. The number of fused-ring (bicyclic) bond motifs is 1. The smallest absolute Gasteiger partial charge is 0.454 e. The van der Waals surface area contributed by atoms with Gasteiger partial charge in [-0.3, -0.25) is 4.79 Å². The van der Waals surface area contributed by atoms with E-state index in [0.29, 0.717) is 22.6 Å². The Kier molecular flexibility index (Phi) is 4.43. The van der Waals surface area contributed by atoms with Crippen LogP contribution in [0.2, 0.25) is 0 Å². The van der Waals surface area contributed by atoms with Gasteiger partial charge in [-0.1, -0.05) is 12.1 Å². The molecule has 1 aliphatic heterocycles. The molecule has 25 heavy (non-hydrogen) atoms. The van der Waals surface area contributed by atoms with Gasteiger partial charge in [-0.15, -0.1) is 13.2 Å². The van der Waals surface area contributed by atoms with Crippen molar-refractivity contribution in [2.75, 3.05) is 6.79 Å². The van der Waals surface area contributed by atoms with Crippen molar-refractivity contribution in [3.8, 4) is 17.2 Å². The van der Waals surface area contributed by atoms with Crippen molar-refractivity contribution in [2.45, 2.75) is 19.3 Å². The zero-order chi connectivity index (χ0) is 18.0. The van der Waals surface area contributed by atoms with Crippen LogP contribution in [0.5, 0.6) is 17.2 Å². The summed E-state index contributed by atoms with van der Waals surface area (Å²) in [4.78, 5) is 12.3. The van der Waals surface area contributed by atoms with E-state index in [1.807, 2.05) is 0 Å². The molecule has 1 atom stereocenters. The molecule has 0 fully saturated rings. The molecule has 3 rings (SSSR count). The van der Waals surface area contributed by atoms with E-state index in [1.54, 1.807) is 25.1 Å². The molecule has 1 heterocycles. The molecule has 0 saturated carbocycles. The van der Waals surface area contributed by atoms with Crippen LogP contribution < -0.4 is 19.5 Å². The largest absolute Gasteiger partial charge is 0.573 e. The number of alkyl halides is 3. The van der Waals surface area contributed by atoms with Gasteiger partial charge in [-0.2, -0.15) is 0 Å². The number of hydrogen-bond donors (Lipinski definition) is 1. The molecule has 2 aromatic carbocycles. The van der Waals surface area contributed by atoms with Gasteiger partial charge in [0.15, 0.2) is 11.5 Å². The normalized spacial score (nSPS) is 14.1. The molecule has 0 unspecified atom stereocenters. The van der Waals surface area contributed by atoms with Crippen LogP contribution in [0.25, 0.3) is 0 Å². The Labute approximate surface area is 141 Å². The number of carbonyl (C=O) groups is 1. The predicted molar refractivity (Wildman–Crippen MR) is 81.6 cm³/mol. The Morgan fingerprint density at radius 3 is 2.48 bits per heavy atom. The molecular weight excluding hydrogens is 339 g/mol. The molecule has 132 valence electrons. The van der Waals surface area contributed by atoms with E-state index in [-0.39, 0.29) is 18.4 Å². The second-order valence-electron chi connectivity index (χ2n) is 5.38. The second-order valence-corrected chi connectivity index (χ2v) is 5.38. The number of amides is 1. The zero-order valence-electron chi connectivity index (χ0n) is 13.1. The van der Waals surface area contributed by atoms with Crippen LogP contribution >= 0.6 is 0 Å². The molecule has 2 aromatic rings. The minimum Gasteiger partial charge on any atom is -0.454 e. The fourth-order valence-electron chi connectivity index (χ4n) is 2.36. The molecule has 0 spiro atoms. The van der Waals surface area contributed by atoms with Crippen LogP contribution in [0.1, 0.15) is 28.9 Å². The van der Waals surface area contributed by atoms with E-state index in [4.69, 9.17) is 9.47 Å². The maximum Gasteiger partial charge on any atom is 0.573 e. The molecule has 0 saturated heterocycles. The SMILES string of the molecule is C[C@@H](NC(=O)c1ccc2c(c1)OCO2)c1ccc(OC(F)(F)F)cc1. The third kappa shape index (κ3) is 4.14. The van der Waals surface area contributed by atoms with Gasteiger partial charge in [0.05, 0.1) is 6.04 Å². The molecule has 0 aliphatic carbocycles. The van der Waals surface area contributed by atoms with Crippen LogP contribution in [0.15, 0.2) is 42.5 Å². The van der Waals surface area contributed by atoms with Crippen molar-refractivity contribution < 1.29 is 32.2 Å². The number of nitrogens with one attached hydrogen (secondary N) is 1. The molecular formula is C17H14F3NO4. The van der Waals surface area contributed by atoms with Crippen molar-refractivity contribution in [3.63, 3.8) is 0 Å². The molecule has 0 bridgehead atoms. The maximum atomic E-state index is 12.3. The Morgan fingerprint density at radius 2 is 1.80 bits per heavy atom. The van der Waals surface area contributed by atoms with Gasteiger partial charge >= 0.3 is 6.36 Å². The Morgan fingerprint density at radius 1 is 1.12 bits per heavy atom. The molecule has 5 nitrogen and oxygen atoms in total. The molecule has 8 heteroatoms. The van der Waals surface area contributed by atoms with E-state index in [0.717, 1.165) is 0 Å². The summed E-state index contributed by atoms with van der Waals surface area (Å²) in [5, 5.41) is 2.77. The first-order chi connectivity index (χ1) is 11.8. The van der Waals surface area contributed by atoms with Gasteiger partial charge in [-0.25, -0.2) is 0 Å². The highest BCUT2D eigenvalue weighted by molar-refractivity contribution is 5.95. The third-order valence-corrected chi connectivity index (χ3v) is 3.60. The summed E-state index contributed by atoms with van der Waals surface area (Å²) in [6, 6.07) is 9.75. The fourth-order valence-corrected chi connectivity index (χ4v) is 2.36. The third-order valence-electron chi connectivity index (χ3n) is 3.60. The van der Waals surface area contributed by atoms with Crippen molar-refractivity contribution >= 4 is 5.91 Å². The Hall–Kier alpha value is -2.90. The monoisotopic (exact) mass is 353 g/mol. The average Bonchev–Trinajstić information content (AvgIpc) is 3.01. The number of hydrogen-bond acceptors (Lipinski definition) is 4. The van der Waals surface area contributed by atoms with Gasteiger partial charge in [0.25, 0.3) is 5.91 Å². The summed E-state index contributed by atoms with van der Waals surface area (Å²) >= 11 is 0. The van der Waals surface area contributed by atoms with Crippen molar-refractivity contribution in [1.82, 2.24) is 5.32 Å². The van der Waals surface area contributed by atoms with Gasteiger partial charge in [0.2, 0.25) is 6.79 Å². The summed E-state index contributed by atoms with van der Waals surface area (Å²) in [6.45, 7) is 1.84. The quantitative estimate of drug-likeness (QED) is 0.908.